The highest BCUT2D eigenvalue weighted by Crippen LogP contribution is 2.39. The summed E-state index contributed by atoms with van der Waals surface area (Å²) in [5.74, 6) is 1.35. The maximum atomic E-state index is 12.4. The van der Waals surface area contributed by atoms with Gasteiger partial charge < -0.3 is 15.8 Å². The second-order valence-corrected chi connectivity index (χ2v) is 9.90. The molecule has 0 bridgehead atoms. The van der Waals surface area contributed by atoms with Crippen molar-refractivity contribution < 1.29 is 9.53 Å². The quantitative estimate of drug-likeness (QED) is 0.324. The molecule has 0 atom stereocenters. The Morgan fingerprint density at radius 1 is 1.27 bits per heavy atom. The summed E-state index contributed by atoms with van der Waals surface area (Å²) in [5.41, 5.74) is 8.35. The molecule has 0 spiro atoms. The van der Waals surface area contributed by atoms with E-state index in [1.807, 2.05) is 25.1 Å². The van der Waals surface area contributed by atoms with Crippen molar-refractivity contribution in [2.45, 2.75) is 31.3 Å². The molecule has 0 saturated carbocycles. The smallest absolute Gasteiger partial charge is 0.236 e. The van der Waals surface area contributed by atoms with Gasteiger partial charge in [-0.15, -0.1) is 11.3 Å². The summed E-state index contributed by atoms with van der Waals surface area (Å²) in [7, 11) is 0. The minimum Gasteiger partial charge on any atom is -0.494 e. The largest absolute Gasteiger partial charge is 0.494 e. The van der Waals surface area contributed by atoms with Gasteiger partial charge >= 0.3 is 0 Å². The van der Waals surface area contributed by atoms with Crippen molar-refractivity contribution in [1.29, 1.82) is 0 Å². The third kappa shape index (κ3) is 3.70. The van der Waals surface area contributed by atoms with Crippen LogP contribution in [0.2, 0.25) is 0 Å². The molecule has 1 aliphatic carbocycles. The van der Waals surface area contributed by atoms with E-state index in [-0.39, 0.29) is 11.7 Å². The SMILES string of the molecule is CCOc1ccc2nc(NC(=O)CSc3nc(N)c4c5c(sc4n3)CCC5)sc2c1. The molecule has 3 heterocycles. The van der Waals surface area contributed by atoms with E-state index < -0.39 is 0 Å². The van der Waals surface area contributed by atoms with Crippen molar-refractivity contribution in [3.05, 3.63) is 28.6 Å². The Labute approximate surface area is 185 Å². The van der Waals surface area contributed by atoms with Crippen molar-refractivity contribution in [3.63, 3.8) is 0 Å². The molecule has 0 saturated heterocycles. The molecule has 154 valence electrons. The number of aryl methyl sites for hydroxylation is 2. The van der Waals surface area contributed by atoms with Crippen molar-refractivity contribution in [2.75, 3.05) is 23.4 Å². The standard InChI is InChI=1S/C20H19N5O2S3/c1-2-27-10-6-7-12-14(8-10)30-20(22-12)23-15(26)9-28-19-24-17(21)16-11-4-3-5-13(11)29-18(16)25-19/h6-8H,2-5,9H2,1H3,(H2,21,24,25)(H,22,23,26). The highest BCUT2D eigenvalue weighted by molar-refractivity contribution is 7.99. The van der Waals surface area contributed by atoms with Gasteiger partial charge in [-0.1, -0.05) is 23.1 Å². The van der Waals surface area contributed by atoms with Crippen LogP contribution in [0.5, 0.6) is 5.75 Å². The van der Waals surface area contributed by atoms with Crippen LogP contribution in [0.4, 0.5) is 10.9 Å². The molecule has 4 aromatic rings. The molecule has 1 amide bonds. The van der Waals surface area contributed by atoms with Gasteiger partial charge in [0.1, 0.15) is 16.4 Å². The zero-order chi connectivity index (χ0) is 20.7. The number of benzene rings is 1. The molecule has 0 radical (unpaired) electrons. The second kappa shape index (κ2) is 8.01. The van der Waals surface area contributed by atoms with E-state index in [9.17, 15) is 4.79 Å². The molecule has 1 aliphatic rings. The summed E-state index contributed by atoms with van der Waals surface area (Å²) in [4.78, 5) is 28.2. The van der Waals surface area contributed by atoms with Crippen LogP contribution in [0.15, 0.2) is 23.4 Å². The first kappa shape index (κ1) is 19.5. The second-order valence-electron chi connectivity index (χ2n) is 6.85. The van der Waals surface area contributed by atoms with Crippen molar-refractivity contribution in [2.24, 2.45) is 0 Å². The fraction of sp³-hybridized carbons (Fsp3) is 0.300. The van der Waals surface area contributed by atoms with E-state index in [2.05, 4.69) is 20.3 Å². The van der Waals surface area contributed by atoms with Crippen LogP contribution in [0.25, 0.3) is 20.4 Å². The molecule has 5 rings (SSSR count). The number of thiazole rings is 1. The van der Waals surface area contributed by atoms with E-state index in [0.717, 1.165) is 39.0 Å². The maximum Gasteiger partial charge on any atom is 0.236 e. The number of aromatic nitrogens is 3. The van der Waals surface area contributed by atoms with Gasteiger partial charge in [0.05, 0.1) is 28.0 Å². The number of carbonyl (C=O) groups excluding carboxylic acids is 1. The zero-order valence-corrected chi connectivity index (χ0v) is 18.7. The number of rotatable bonds is 6. The topological polar surface area (TPSA) is 103 Å². The Morgan fingerprint density at radius 2 is 2.17 bits per heavy atom. The van der Waals surface area contributed by atoms with Gasteiger partial charge in [0, 0.05) is 4.88 Å². The van der Waals surface area contributed by atoms with Crippen molar-refractivity contribution >= 4 is 71.7 Å². The number of thiophene rings is 1. The first-order valence-electron chi connectivity index (χ1n) is 9.64. The lowest BCUT2D eigenvalue weighted by Crippen LogP contribution is -2.14. The molecule has 7 nitrogen and oxygen atoms in total. The van der Waals surface area contributed by atoms with Crippen LogP contribution in [0, 0.1) is 0 Å². The number of hydrogen-bond acceptors (Lipinski definition) is 9. The molecule has 0 unspecified atom stereocenters. The fourth-order valence-corrected chi connectivity index (χ4v) is 6.46. The summed E-state index contributed by atoms with van der Waals surface area (Å²) in [6.45, 7) is 2.55. The number of fused-ring (bicyclic) bond motifs is 4. The molecular weight excluding hydrogens is 438 g/mol. The first-order valence-corrected chi connectivity index (χ1v) is 12.3. The Kier molecular flexibility index (Phi) is 5.21. The first-order chi connectivity index (χ1) is 14.6. The molecule has 3 aromatic heterocycles. The molecule has 0 aliphatic heterocycles. The summed E-state index contributed by atoms with van der Waals surface area (Å²) < 4.78 is 6.49. The van der Waals surface area contributed by atoms with E-state index in [1.54, 1.807) is 11.3 Å². The summed E-state index contributed by atoms with van der Waals surface area (Å²) in [6, 6.07) is 5.71. The number of carbonyl (C=O) groups is 1. The van der Waals surface area contributed by atoms with Gasteiger partial charge in [-0.05, 0) is 49.9 Å². The number of anilines is 2. The Balaban J connectivity index is 1.26. The third-order valence-corrected chi connectivity index (χ3v) is 7.79. The summed E-state index contributed by atoms with van der Waals surface area (Å²) >= 11 is 4.40. The number of hydrogen-bond donors (Lipinski definition) is 2. The van der Waals surface area contributed by atoms with E-state index >= 15 is 0 Å². The van der Waals surface area contributed by atoms with Crippen LogP contribution in [0.1, 0.15) is 23.8 Å². The van der Waals surface area contributed by atoms with E-state index in [0.29, 0.717) is 22.7 Å². The number of thioether (sulfide) groups is 1. The average molecular weight is 458 g/mol. The van der Waals surface area contributed by atoms with Crippen molar-refractivity contribution in [1.82, 2.24) is 15.0 Å². The van der Waals surface area contributed by atoms with Crippen LogP contribution in [-0.4, -0.2) is 33.2 Å². The number of nitrogens with two attached hydrogens (primary N) is 1. The number of nitrogens with zero attached hydrogens (tertiary/aromatic N) is 3. The molecule has 3 N–H and O–H groups in total. The Morgan fingerprint density at radius 3 is 3.03 bits per heavy atom. The minimum absolute atomic E-state index is 0.153. The van der Waals surface area contributed by atoms with Crippen molar-refractivity contribution in [3.8, 4) is 5.75 Å². The lowest BCUT2D eigenvalue weighted by Gasteiger charge is -2.04. The van der Waals surface area contributed by atoms with E-state index in [1.165, 1.54) is 40.0 Å². The van der Waals surface area contributed by atoms with Gasteiger partial charge in [-0.25, -0.2) is 15.0 Å². The lowest BCUT2D eigenvalue weighted by molar-refractivity contribution is -0.113. The number of amides is 1. The lowest BCUT2D eigenvalue weighted by atomic mass is 10.2. The van der Waals surface area contributed by atoms with E-state index in [4.69, 9.17) is 10.5 Å². The molecule has 10 heteroatoms. The predicted octanol–water partition coefficient (Wildman–Crippen LogP) is 4.50. The van der Waals surface area contributed by atoms with Crippen LogP contribution in [-0.2, 0) is 17.6 Å². The highest BCUT2D eigenvalue weighted by atomic mass is 32.2. The monoisotopic (exact) mass is 457 g/mol. The normalized spacial score (nSPS) is 13.1. The predicted molar refractivity (Wildman–Crippen MR) is 124 cm³/mol. The Bertz CT molecular complexity index is 1270. The molecular formula is C20H19N5O2S3. The van der Waals surface area contributed by atoms with Gasteiger partial charge in [-0.2, -0.15) is 0 Å². The fourth-order valence-electron chi connectivity index (χ4n) is 3.57. The van der Waals surface area contributed by atoms with Crippen LogP contribution < -0.4 is 15.8 Å². The summed E-state index contributed by atoms with van der Waals surface area (Å²) in [5, 5.41) is 4.95. The molecule has 30 heavy (non-hydrogen) atoms. The molecule has 0 fully saturated rings. The van der Waals surface area contributed by atoms with Gasteiger partial charge in [-0.3, -0.25) is 4.79 Å². The zero-order valence-electron chi connectivity index (χ0n) is 16.2. The number of ether oxygens (including phenoxy) is 1. The van der Waals surface area contributed by atoms with Gasteiger partial charge in [0.2, 0.25) is 5.91 Å². The minimum atomic E-state index is -0.153. The average Bonchev–Trinajstić information content (AvgIpc) is 3.39. The summed E-state index contributed by atoms with van der Waals surface area (Å²) in [6.07, 6.45) is 3.31. The van der Waals surface area contributed by atoms with Crippen LogP contribution in [0.3, 0.4) is 0 Å². The molecule has 1 aromatic carbocycles. The number of nitrogen functional groups attached to an aromatic ring is 1. The maximum absolute atomic E-state index is 12.4. The van der Waals surface area contributed by atoms with Gasteiger partial charge in [0.15, 0.2) is 10.3 Å². The number of nitrogens with one attached hydrogen (secondary N) is 1. The van der Waals surface area contributed by atoms with Gasteiger partial charge in [0.25, 0.3) is 0 Å². The highest BCUT2D eigenvalue weighted by Gasteiger charge is 2.21. The van der Waals surface area contributed by atoms with Crippen LogP contribution >= 0.6 is 34.4 Å². The third-order valence-electron chi connectivity index (χ3n) is 4.82. The Hall–Kier alpha value is -2.43.